The molecule has 70 valence electrons. The van der Waals surface area contributed by atoms with E-state index in [1.165, 1.54) is 6.42 Å². The molecule has 12 heavy (non-hydrogen) atoms. The Morgan fingerprint density at radius 3 is 1.17 bits per heavy atom. The Bertz CT molecular complexity index is 97.2. The molecule has 0 rings (SSSR count). The SMILES string of the molecule is C=C/C=C\C=C.C=CC.CCC. The highest BCUT2D eigenvalue weighted by Crippen LogP contribution is 1.69. The highest BCUT2D eigenvalue weighted by atomic mass is 13.5. The number of hydrogen-bond donors (Lipinski definition) is 0. The van der Waals surface area contributed by atoms with E-state index in [1.54, 1.807) is 18.2 Å². The lowest BCUT2D eigenvalue weighted by molar-refractivity contribution is 1.09. The van der Waals surface area contributed by atoms with Crippen molar-refractivity contribution < 1.29 is 0 Å². The highest BCUT2D eigenvalue weighted by molar-refractivity contribution is 5.05. The summed E-state index contributed by atoms with van der Waals surface area (Å²) in [6.45, 7) is 16.4. The summed E-state index contributed by atoms with van der Waals surface area (Å²) in [5, 5.41) is 0. The molecule has 0 aromatic rings. The van der Waals surface area contributed by atoms with E-state index < -0.39 is 0 Å². The summed E-state index contributed by atoms with van der Waals surface area (Å²) in [5.74, 6) is 0. The lowest BCUT2D eigenvalue weighted by Crippen LogP contribution is -1.38. The van der Waals surface area contributed by atoms with Crippen molar-refractivity contribution >= 4 is 0 Å². The number of rotatable bonds is 2. The van der Waals surface area contributed by atoms with Crippen LogP contribution in [-0.2, 0) is 0 Å². The normalized spacial score (nSPS) is 6.92. The maximum atomic E-state index is 3.46. The minimum atomic E-state index is 1.25. The van der Waals surface area contributed by atoms with E-state index in [4.69, 9.17) is 0 Å². The summed E-state index contributed by atoms with van der Waals surface area (Å²) in [6.07, 6.45) is 10.1. The van der Waals surface area contributed by atoms with Gasteiger partial charge in [-0.1, -0.05) is 63.8 Å². The maximum Gasteiger partial charge on any atom is -0.0473 e. The summed E-state index contributed by atoms with van der Waals surface area (Å²) in [6, 6.07) is 0. The fourth-order valence-corrected chi connectivity index (χ4v) is 0.157. The lowest BCUT2D eigenvalue weighted by atomic mass is 10.5. The summed E-state index contributed by atoms with van der Waals surface area (Å²) >= 11 is 0. The zero-order chi connectivity index (χ0) is 10.2. The minimum Gasteiger partial charge on any atom is -0.103 e. The van der Waals surface area contributed by atoms with Crippen molar-refractivity contribution in [3.63, 3.8) is 0 Å². The molecule has 0 radical (unpaired) electrons. The van der Waals surface area contributed by atoms with Crippen LogP contribution in [0.25, 0.3) is 0 Å². The first-order valence-electron chi connectivity index (χ1n) is 4.22. The summed E-state index contributed by atoms with van der Waals surface area (Å²) in [7, 11) is 0. The van der Waals surface area contributed by atoms with Crippen LogP contribution < -0.4 is 0 Å². The summed E-state index contributed by atoms with van der Waals surface area (Å²) in [4.78, 5) is 0. The molecule has 0 aliphatic carbocycles. The fourth-order valence-electron chi connectivity index (χ4n) is 0.157. The largest absolute Gasteiger partial charge is 0.103 e. The van der Waals surface area contributed by atoms with E-state index in [2.05, 4.69) is 33.6 Å². The second-order valence-electron chi connectivity index (χ2n) is 1.97. The van der Waals surface area contributed by atoms with E-state index in [9.17, 15) is 0 Å². The summed E-state index contributed by atoms with van der Waals surface area (Å²) < 4.78 is 0. The van der Waals surface area contributed by atoms with Crippen LogP contribution in [0.2, 0.25) is 0 Å². The molecule has 0 spiro atoms. The van der Waals surface area contributed by atoms with Crippen molar-refractivity contribution in [1.82, 2.24) is 0 Å². The molecule has 0 amide bonds. The minimum absolute atomic E-state index is 1.25. The van der Waals surface area contributed by atoms with E-state index in [-0.39, 0.29) is 0 Å². The molecular formula is C12H22. The van der Waals surface area contributed by atoms with E-state index in [1.807, 2.05) is 19.1 Å². The average molecular weight is 166 g/mol. The second kappa shape index (κ2) is 32.5. The molecule has 0 aliphatic rings. The Balaban J connectivity index is -0.000000115. The zero-order valence-electron chi connectivity index (χ0n) is 8.72. The molecule has 0 aliphatic heterocycles. The molecule has 0 heterocycles. The monoisotopic (exact) mass is 166 g/mol. The molecule has 0 unspecified atom stereocenters. The Hall–Kier alpha value is -1.04. The van der Waals surface area contributed by atoms with Crippen molar-refractivity contribution in [1.29, 1.82) is 0 Å². The van der Waals surface area contributed by atoms with Crippen LogP contribution in [0.1, 0.15) is 27.2 Å². The third-order valence-corrected chi connectivity index (χ3v) is 0.383. The van der Waals surface area contributed by atoms with E-state index in [0.29, 0.717) is 0 Å². The first-order valence-corrected chi connectivity index (χ1v) is 4.22. The van der Waals surface area contributed by atoms with Gasteiger partial charge >= 0.3 is 0 Å². The van der Waals surface area contributed by atoms with Gasteiger partial charge in [-0.05, 0) is 6.92 Å². The molecule has 0 N–H and O–H groups in total. The van der Waals surface area contributed by atoms with E-state index >= 15 is 0 Å². The van der Waals surface area contributed by atoms with Gasteiger partial charge in [0.1, 0.15) is 0 Å². The van der Waals surface area contributed by atoms with Gasteiger partial charge in [0.15, 0.2) is 0 Å². The standard InChI is InChI=1S/C6H8.C3H8.C3H6/c1-3-5-6-4-2;2*1-3-2/h3-6H,1-2H2;3H2,1-2H3;3H,1H2,2H3/b6-5-;;. The Morgan fingerprint density at radius 1 is 0.917 bits per heavy atom. The van der Waals surface area contributed by atoms with E-state index in [0.717, 1.165) is 0 Å². The molecular weight excluding hydrogens is 144 g/mol. The number of allylic oxidation sites excluding steroid dienone is 5. The first kappa shape index (κ1) is 17.2. The predicted octanol–water partition coefficient (Wildman–Crippen LogP) is 4.52. The van der Waals surface area contributed by atoms with Gasteiger partial charge in [0.2, 0.25) is 0 Å². The highest BCUT2D eigenvalue weighted by Gasteiger charge is 1.47. The van der Waals surface area contributed by atoms with Crippen molar-refractivity contribution in [2.45, 2.75) is 27.2 Å². The molecule has 0 aromatic heterocycles. The Labute approximate surface area is 78.0 Å². The lowest BCUT2D eigenvalue weighted by Gasteiger charge is -1.60. The van der Waals surface area contributed by atoms with Crippen LogP contribution in [0.4, 0.5) is 0 Å². The quantitative estimate of drug-likeness (QED) is 0.418. The third kappa shape index (κ3) is 148. The molecule has 0 fully saturated rings. The van der Waals surface area contributed by atoms with Gasteiger partial charge < -0.3 is 0 Å². The molecule has 0 aromatic carbocycles. The van der Waals surface area contributed by atoms with Crippen LogP contribution in [0.3, 0.4) is 0 Å². The van der Waals surface area contributed by atoms with Gasteiger partial charge in [0.05, 0.1) is 0 Å². The molecule has 0 atom stereocenters. The Kier molecular flexibility index (Phi) is 46.5. The maximum absolute atomic E-state index is 3.46. The van der Waals surface area contributed by atoms with Gasteiger partial charge in [-0.15, -0.1) is 6.58 Å². The number of hydrogen-bond acceptors (Lipinski definition) is 0. The van der Waals surface area contributed by atoms with Gasteiger partial charge in [-0.25, -0.2) is 0 Å². The fraction of sp³-hybridized carbons (Fsp3) is 0.333. The van der Waals surface area contributed by atoms with Crippen LogP contribution in [-0.4, -0.2) is 0 Å². The smallest absolute Gasteiger partial charge is 0.0473 e. The molecule has 0 heteroatoms. The van der Waals surface area contributed by atoms with Crippen LogP contribution in [0.5, 0.6) is 0 Å². The van der Waals surface area contributed by atoms with Gasteiger partial charge in [-0.3, -0.25) is 0 Å². The molecule has 0 saturated heterocycles. The van der Waals surface area contributed by atoms with Gasteiger partial charge in [0.25, 0.3) is 0 Å². The second-order valence-corrected chi connectivity index (χ2v) is 1.97. The topological polar surface area (TPSA) is 0 Å². The van der Waals surface area contributed by atoms with Crippen LogP contribution in [0, 0.1) is 0 Å². The molecule has 0 bridgehead atoms. The Morgan fingerprint density at radius 2 is 1.08 bits per heavy atom. The first-order chi connectivity index (χ1) is 5.74. The molecule has 0 nitrogen and oxygen atoms in total. The van der Waals surface area contributed by atoms with Crippen molar-refractivity contribution in [3.05, 3.63) is 50.1 Å². The summed E-state index contributed by atoms with van der Waals surface area (Å²) in [5.41, 5.74) is 0. The zero-order valence-corrected chi connectivity index (χ0v) is 8.72. The molecule has 0 saturated carbocycles. The van der Waals surface area contributed by atoms with Crippen molar-refractivity contribution in [2.24, 2.45) is 0 Å². The van der Waals surface area contributed by atoms with Crippen molar-refractivity contribution in [2.75, 3.05) is 0 Å². The third-order valence-electron chi connectivity index (χ3n) is 0.383. The van der Waals surface area contributed by atoms with Crippen LogP contribution >= 0.6 is 0 Å². The van der Waals surface area contributed by atoms with Gasteiger partial charge in [-0.2, -0.15) is 0 Å². The predicted molar refractivity (Wildman–Crippen MR) is 61.4 cm³/mol. The van der Waals surface area contributed by atoms with Crippen molar-refractivity contribution in [3.8, 4) is 0 Å². The average Bonchev–Trinajstić information content (AvgIpc) is 2.04. The van der Waals surface area contributed by atoms with Crippen LogP contribution in [0.15, 0.2) is 50.1 Å². The van der Waals surface area contributed by atoms with Gasteiger partial charge in [0, 0.05) is 0 Å².